The van der Waals surface area contributed by atoms with Gasteiger partial charge in [0.25, 0.3) is 0 Å². The van der Waals surface area contributed by atoms with Gasteiger partial charge in [0.1, 0.15) is 5.82 Å². The number of anilines is 1. The lowest BCUT2D eigenvalue weighted by atomic mass is 9.98. The van der Waals surface area contributed by atoms with E-state index in [0.29, 0.717) is 5.92 Å². The number of piperazine rings is 1. The van der Waals surface area contributed by atoms with Gasteiger partial charge in [-0.05, 0) is 37.9 Å². The van der Waals surface area contributed by atoms with Crippen LogP contribution in [-0.2, 0) is 6.54 Å². The molecular formula is C17H27N4O. The number of aliphatic hydroxyl groups excluding tert-OH is 1. The molecule has 5 nitrogen and oxygen atoms in total. The van der Waals surface area contributed by atoms with Gasteiger partial charge in [0.15, 0.2) is 0 Å². The first-order valence-corrected chi connectivity index (χ1v) is 8.38. The number of piperidine rings is 1. The minimum absolute atomic E-state index is 0.279. The van der Waals surface area contributed by atoms with Crippen molar-refractivity contribution in [2.75, 3.05) is 57.8 Å². The Balaban J connectivity index is 1.69. The van der Waals surface area contributed by atoms with E-state index in [-0.39, 0.29) is 6.61 Å². The van der Waals surface area contributed by atoms with Gasteiger partial charge in [0.2, 0.25) is 0 Å². The van der Waals surface area contributed by atoms with Gasteiger partial charge in [-0.25, -0.2) is 4.98 Å². The summed E-state index contributed by atoms with van der Waals surface area (Å²) >= 11 is 0. The van der Waals surface area contributed by atoms with Gasteiger partial charge in [-0.2, -0.15) is 0 Å². The molecular weight excluding hydrogens is 276 g/mol. The molecule has 1 aromatic rings. The summed E-state index contributed by atoms with van der Waals surface area (Å²) in [5, 5.41) is 9.44. The molecule has 0 spiro atoms. The summed E-state index contributed by atoms with van der Waals surface area (Å²) in [5.74, 6) is 1.45. The number of hydrogen-bond acceptors (Lipinski definition) is 5. The fraction of sp³-hybridized carbons (Fsp3) is 0.706. The molecule has 0 amide bonds. The van der Waals surface area contributed by atoms with Crippen molar-refractivity contribution in [1.82, 2.24) is 14.8 Å². The van der Waals surface area contributed by atoms with Gasteiger partial charge in [-0.15, -0.1) is 0 Å². The van der Waals surface area contributed by atoms with E-state index in [1.54, 1.807) is 0 Å². The van der Waals surface area contributed by atoms with Crippen LogP contribution in [0.1, 0.15) is 18.4 Å². The zero-order valence-corrected chi connectivity index (χ0v) is 13.5. The Morgan fingerprint density at radius 1 is 1.27 bits per heavy atom. The quantitative estimate of drug-likeness (QED) is 0.893. The highest BCUT2D eigenvalue weighted by Crippen LogP contribution is 2.25. The summed E-state index contributed by atoms with van der Waals surface area (Å²) < 4.78 is 0. The number of nitrogens with zero attached hydrogens (tertiary/aromatic N) is 4. The van der Waals surface area contributed by atoms with Crippen LogP contribution in [0.2, 0.25) is 0 Å². The van der Waals surface area contributed by atoms with Crippen LogP contribution in [0.5, 0.6) is 0 Å². The van der Waals surface area contributed by atoms with Crippen LogP contribution in [0, 0.1) is 12.0 Å². The molecule has 0 bridgehead atoms. The number of rotatable bonds is 4. The fourth-order valence-electron chi connectivity index (χ4n) is 3.41. The van der Waals surface area contributed by atoms with E-state index in [1.807, 2.05) is 12.3 Å². The lowest BCUT2D eigenvalue weighted by Gasteiger charge is -2.36. The van der Waals surface area contributed by atoms with E-state index in [1.165, 1.54) is 5.56 Å². The third-order valence-electron chi connectivity index (χ3n) is 4.85. The number of aromatic nitrogens is 1. The molecule has 2 aliphatic rings. The SMILES string of the molecule is CN1CCN(Cc2[c]ccnc2N2CCCC(CO)C2)CC1. The van der Waals surface area contributed by atoms with Crippen LogP contribution in [-0.4, -0.2) is 72.8 Å². The Hall–Kier alpha value is -1.17. The smallest absolute Gasteiger partial charge is 0.133 e. The van der Waals surface area contributed by atoms with Crippen LogP contribution in [0.15, 0.2) is 12.3 Å². The van der Waals surface area contributed by atoms with Crippen molar-refractivity contribution in [3.63, 3.8) is 0 Å². The lowest BCUT2D eigenvalue weighted by Crippen LogP contribution is -2.44. The topological polar surface area (TPSA) is 42.8 Å². The minimum Gasteiger partial charge on any atom is -0.396 e. The summed E-state index contributed by atoms with van der Waals surface area (Å²) in [6.07, 6.45) is 4.10. The summed E-state index contributed by atoms with van der Waals surface area (Å²) in [6, 6.07) is 5.32. The molecule has 2 aliphatic heterocycles. The van der Waals surface area contributed by atoms with Gasteiger partial charge < -0.3 is 14.9 Å². The lowest BCUT2D eigenvalue weighted by molar-refractivity contribution is 0.148. The molecule has 2 fully saturated rings. The number of likely N-dealkylation sites (N-methyl/N-ethyl adjacent to an activating group) is 1. The molecule has 3 heterocycles. The van der Waals surface area contributed by atoms with Gasteiger partial charge in [0.05, 0.1) is 0 Å². The van der Waals surface area contributed by atoms with Gasteiger partial charge in [-0.1, -0.05) is 0 Å². The number of hydrogen-bond donors (Lipinski definition) is 1. The van der Waals surface area contributed by atoms with Crippen LogP contribution in [0.3, 0.4) is 0 Å². The van der Waals surface area contributed by atoms with Crippen LogP contribution in [0.4, 0.5) is 5.82 Å². The van der Waals surface area contributed by atoms with Crippen molar-refractivity contribution in [2.45, 2.75) is 19.4 Å². The predicted molar refractivity (Wildman–Crippen MR) is 87.9 cm³/mol. The van der Waals surface area contributed by atoms with Crippen molar-refractivity contribution in [3.8, 4) is 0 Å². The zero-order chi connectivity index (χ0) is 15.4. The largest absolute Gasteiger partial charge is 0.396 e. The first kappa shape index (κ1) is 15.7. The van der Waals surface area contributed by atoms with Crippen LogP contribution in [0.25, 0.3) is 0 Å². The van der Waals surface area contributed by atoms with Crippen molar-refractivity contribution in [1.29, 1.82) is 0 Å². The van der Waals surface area contributed by atoms with Crippen molar-refractivity contribution >= 4 is 5.82 Å². The third kappa shape index (κ3) is 3.77. The Morgan fingerprint density at radius 3 is 2.86 bits per heavy atom. The van der Waals surface area contributed by atoms with Gasteiger partial charge in [0, 0.05) is 64.2 Å². The van der Waals surface area contributed by atoms with E-state index in [4.69, 9.17) is 0 Å². The highest BCUT2D eigenvalue weighted by molar-refractivity contribution is 5.46. The highest BCUT2D eigenvalue weighted by Gasteiger charge is 2.23. The highest BCUT2D eigenvalue weighted by atomic mass is 16.3. The maximum atomic E-state index is 9.44. The molecule has 0 saturated carbocycles. The molecule has 22 heavy (non-hydrogen) atoms. The molecule has 121 valence electrons. The molecule has 1 atom stereocenters. The summed E-state index contributed by atoms with van der Waals surface area (Å²) in [4.78, 5) is 11.8. The van der Waals surface area contributed by atoms with E-state index in [0.717, 1.165) is 64.5 Å². The maximum absolute atomic E-state index is 9.44. The van der Waals surface area contributed by atoms with E-state index in [2.05, 4.69) is 32.8 Å². The molecule has 3 rings (SSSR count). The summed E-state index contributed by atoms with van der Waals surface area (Å²) in [7, 11) is 2.18. The zero-order valence-electron chi connectivity index (χ0n) is 13.5. The summed E-state index contributed by atoms with van der Waals surface area (Å²) in [5.41, 5.74) is 1.20. The normalized spacial score (nSPS) is 24.6. The van der Waals surface area contributed by atoms with E-state index >= 15 is 0 Å². The Bertz CT molecular complexity index is 473. The Kier molecular flexibility index (Phi) is 5.28. The maximum Gasteiger partial charge on any atom is 0.133 e. The molecule has 5 heteroatoms. The predicted octanol–water partition coefficient (Wildman–Crippen LogP) is 0.838. The molecule has 1 aromatic heterocycles. The average molecular weight is 303 g/mol. The second kappa shape index (κ2) is 7.40. The molecule has 1 N–H and O–H groups in total. The molecule has 0 aromatic carbocycles. The van der Waals surface area contributed by atoms with Crippen molar-refractivity contribution < 1.29 is 5.11 Å². The van der Waals surface area contributed by atoms with Crippen LogP contribution < -0.4 is 4.90 Å². The van der Waals surface area contributed by atoms with Gasteiger partial charge in [-0.3, -0.25) is 4.90 Å². The van der Waals surface area contributed by atoms with Crippen LogP contribution >= 0.6 is 0 Å². The second-order valence-electron chi connectivity index (χ2n) is 6.61. The number of pyridine rings is 1. The second-order valence-corrected chi connectivity index (χ2v) is 6.61. The standard InChI is InChI=1S/C17H27N4O/c1-19-8-10-20(11-9-19)13-16-5-2-6-18-17(16)21-7-3-4-15(12-21)14-22/h2,6,15,22H,3-4,7-14H2,1H3. The van der Waals surface area contributed by atoms with Gasteiger partial charge >= 0.3 is 0 Å². The molecule has 1 radical (unpaired) electrons. The Labute approximate surface area is 133 Å². The van der Waals surface area contributed by atoms with E-state index < -0.39 is 0 Å². The Morgan fingerprint density at radius 2 is 2.09 bits per heavy atom. The number of aliphatic hydroxyl groups is 1. The minimum atomic E-state index is 0.279. The molecule has 1 unspecified atom stereocenters. The third-order valence-corrected chi connectivity index (χ3v) is 4.85. The molecule has 0 aliphatic carbocycles. The summed E-state index contributed by atoms with van der Waals surface area (Å²) in [6.45, 7) is 7.64. The fourth-order valence-corrected chi connectivity index (χ4v) is 3.41. The van der Waals surface area contributed by atoms with E-state index in [9.17, 15) is 5.11 Å². The first-order valence-electron chi connectivity index (χ1n) is 8.38. The monoisotopic (exact) mass is 303 g/mol. The average Bonchev–Trinajstić information content (AvgIpc) is 2.57. The van der Waals surface area contributed by atoms with Crippen molar-refractivity contribution in [2.24, 2.45) is 5.92 Å². The van der Waals surface area contributed by atoms with Crippen molar-refractivity contribution in [3.05, 3.63) is 23.9 Å². The first-order chi connectivity index (χ1) is 10.8. The molecule has 2 saturated heterocycles.